The number of aromatic nitrogens is 2. The number of carbonyl (C=O) groups excluding carboxylic acids is 1. The molecule has 1 fully saturated rings. The zero-order chi connectivity index (χ0) is 13.8. The highest BCUT2D eigenvalue weighted by atomic mass is 32.2. The molecule has 102 valence electrons. The molecule has 1 aromatic rings. The van der Waals surface area contributed by atoms with Crippen molar-refractivity contribution in [2.24, 2.45) is 0 Å². The van der Waals surface area contributed by atoms with Crippen LogP contribution in [-0.4, -0.2) is 66.4 Å². The Bertz CT molecular complexity index is 530. The van der Waals surface area contributed by atoms with Crippen LogP contribution >= 0.6 is 0 Å². The molecule has 8 nitrogen and oxygen atoms in total. The van der Waals surface area contributed by atoms with Gasteiger partial charge in [0.2, 0.25) is 0 Å². The second-order valence-corrected chi connectivity index (χ2v) is 4.97. The van der Waals surface area contributed by atoms with Crippen molar-refractivity contribution in [1.82, 2.24) is 19.6 Å². The van der Waals surface area contributed by atoms with Crippen molar-refractivity contribution < 1.29 is 13.6 Å². The van der Waals surface area contributed by atoms with Crippen LogP contribution in [0, 0.1) is 11.3 Å². The summed E-state index contributed by atoms with van der Waals surface area (Å²) in [6.45, 7) is 1.90. The zero-order valence-electron chi connectivity index (χ0n) is 10.1. The highest BCUT2D eigenvalue weighted by Crippen LogP contribution is 2.05. The van der Waals surface area contributed by atoms with Crippen LogP contribution in [0.25, 0.3) is 0 Å². The fourth-order valence-electron chi connectivity index (χ4n) is 1.85. The number of rotatable bonds is 2. The standard InChI is InChI=1S/C10H13N5O3S/c11-5-9-6-12-15(7-9)10(16)14-3-1-13(2-4-14)8-19(17)18/h6-7H,1-4,8H2,(H,17,18)/p-1. The predicted octanol–water partition coefficient (Wildman–Crippen LogP) is -0.823. The third-order valence-corrected chi connectivity index (χ3v) is 3.41. The van der Waals surface area contributed by atoms with E-state index in [9.17, 15) is 13.6 Å². The summed E-state index contributed by atoms with van der Waals surface area (Å²) in [7, 11) is 0. The summed E-state index contributed by atoms with van der Waals surface area (Å²) in [6.07, 6.45) is 2.70. The van der Waals surface area contributed by atoms with E-state index in [1.807, 2.05) is 6.07 Å². The molecule has 0 aliphatic carbocycles. The van der Waals surface area contributed by atoms with Gasteiger partial charge in [-0.25, -0.2) is 4.79 Å². The van der Waals surface area contributed by atoms with Gasteiger partial charge in [-0.05, 0) is 11.1 Å². The molecule has 0 bridgehead atoms. The Morgan fingerprint density at radius 1 is 1.47 bits per heavy atom. The molecule has 0 saturated carbocycles. The summed E-state index contributed by atoms with van der Waals surface area (Å²) in [5.74, 6) is -0.0115. The van der Waals surface area contributed by atoms with Gasteiger partial charge in [-0.1, -0.05) is 0 Å². The second-order valence-electron chi connectivity index (χ2n) is 4.11. The number of nitrogens with zero attached hydrogens (tertiary/aromatic N) is 5. The van der Waals surface area contributed by atoms with Crippen LogP contribution in [0.1, 0.15) is 5.56 Å². The van der Waals surface area contributed by atoms with Gasteiger partial charge in [-0.2, -0.15) is 15.0 Å². The molecule has 0 radical (unpaired) electrons. The van der Waals surface area contributed by atoms with E-state index in [-0.39, 0.29) is 11.9 Å². The van der Waals surface area contributed by atoms with Gasteiger partial charge < -0.3 is 9.45 Å². The molecule has 0 spiro atoms. The van der Waals surface area contributed by atoms with E-state index in [0.29, 0.717) is 31.7 Å². The summed E-state index contributed by atoms with van der Waals surface area (Å²) < 4.78 is 22.3. The third-order valence-electron chi connectivity index (χ3n) is 2.84. The minimum Gasteiger partial charge on any atom is -0.771 e. The molecule has 1 saturated heterocycles. The van der Waals surface area contributed by atoms with Crippen LogP contribution in [0.5, 0.6) is 0 Å². The Balaban J connectivity index is 1.92. The van der Waals surface area contributed by atoms with E-state index in [1.165, 1.54) is 12.4 Å². The molecule has 0 aromatic carbocycles. The summed E-state index contributed by atoms with van der Waals surface area (Å²) in [5, 5.41) is 12.5. The molecular formula is C10H12N5O3S-. The molecule has 1 aromatic heterocycles. The first-order chi connectivity index (χ1) is 9.10. The van der Waals surface area contributed by atoms with Gasteiger partial charge in [0.05, 0.1) is 23.8 Å². The lowest BCUT2D eigenvalue weighted by atomic mass is 10.3. The van der Waals surface area contributed by atoms with E-state index in [0.717, 1.165) is 4.68 Å². The normalized spacial score (nSPS) is 18.0. The van der Waals surface area contributed by atoms with Gasteiger partial charge in [0.25, 0.3) is 0 Å². The molecule has 2 rings (SSSR count). The summed E-state index contributed by atoms with van der Waals surface area (Å²) in [6, 6.07) is 1.60. The van der Waals surface area contributed by atoms with E-state index in [1.54, 1.807) is 9.80 Å². The maximum atomic E-state index is 12.0. The van der Waals surface area contributed by atoms with E-state index >= 15 is 0 Å². The Hall–Kier alpha value is -1.76. The lowest BCUT2D eigenvalue weighted by Gasteiger charge is -2.34. The van der Waals surface area contributed by atoms with Gasteiger partial charge in [-0.3, -0.25) is 9.11 Å². The molecular weight excluding hydrogens is 270 g/mol. The number of nitriles is 1. The maximum Gasteiger partial charge on any atom is 0.344 e. The number of carbonyl (C=O) groups is 1. The van der Waals surface area contributed by atoms with Crippen LogP contribution in [-0.2, 0) is 11.1 Å². The van der Waals surface area contributed by atoms with E-state index < -0.39 is 11.1 Å². The minimum absolute atomic E-state index is 0.0115. The highest BCUT2D eigenvalue weighted by Gasteiger charge is 2.22. The topological polar surface area (TPSA) is 105 Å². The summed E-state index contributed by atoms with van der Waals surface area (Å²) >= 11 is -2.10. The van der Waals surface area contributed by atoms with Crippen LogP contribution < -0.4 is 0 Å². The monoisotopic (exact) mass is 282 g/mol. The van der Waals surface area contributed by atoms with Gasteiger partial charge in [-0.15, -0.1) is 0 Å². The fraction of sp³-hybridized carbons (Fsp3) is 0.500. The number of piperazine rings is 1. The van der Waals surface area contributed by atoms with E-state index in [2.05, 4.69) is 5.10 Å². The molecule has 1 unspecified atom stereocenters. The minimum atomic E-state index is -2.10. The number of hydrogen-bond acceptors (Lipinski definition) is 6. The zero-order valence-corrected chi connectivity index (χ0v) is 10.9. The van der Waals surface area contributed by atoms with Crippen molar-refractivity contribution in [3.63, 3.8) is 0 Å². The van der Waals surface area contributed by atoms with Gasteiger partial charge >= 0.3 is 6.03 Å². The second kappa shape index (κ2) is 5.92. The van der Waals surface area contributed by atoms with Crippen molar-refractivity contribution >= 4 is 17.1 Å². The Labute approximate surface area is 112 Å². The van der Waals surface area contributed by atoms with E-state index in [4.69, 9.17) is 5.26 Å². The first kappa shape index (κ1) is 13.7. The average molecular weight is 282 g/mol. The van der Waals surface area contributed by atoms with Crippen LogP contribution in [0.15, 0.2) is 12.4 Å². The third kappa shape index (κ3) is 3.37. The van der Waals surface area contributed by atoms with Crippen molar-refractivity contribution in [2.45, 2.75) is 0 Å². The van der Waals surface area contributed by atoms with Crippen molar-refractivity contribution in [3.8, 4) is 6.07 Å². The molecule has 9 heteroatoms. The average Bonchev–Trinajstić information content (AvgIpc) is 2.87. The summed E-state index contributed by atoms with van der Waals surface area (Å²) in [4.78, 5) is 15.4. The van der Waals surface area contributed by atoms with Gasteiger partial charge in [0.1, 0.15) is 6.07 Å². The first-order valence-corrected chi connectivity index (χ1v) is 6.87. The lowest BCUT2D eigenvalue weighted by molar-refractivity contribution is 0.148. The molecule has 1 amide bonds. The molecule has 1 aliphatic rings. The van der Waals surface area contributed by atoms with Gasteiger partial charge in [0.15, 0.2) is 0 Å². The predicted molar refractivity (Wildman–Crippen MR) is 64.7 cm³/mol. The van der Waals surface area contributed by atoms with Gasteiger partial charge in [0, 0.05) is 26.2 Å². The Kier molecular flexibility index (Phi) is 4.26. The lowest BCUT2D eigenvalue weighted by Crippen LogP contribution is -2.50. The molecule has 1 aliphatic heterocycles. The number of hydrogen-bond donors (Lipinski definition) is 0. The van der Waals surface area contributed by atoms with Crippen molar-refractivity contribution in [2.75, 3.05) is 32.1 Å². The SMILES string of the molecule is N#Cc1cnn(C(=O)N2CCN(CS(=O)[O-])CC2)c1. The van der Waals surface area contributed by atoms with Crippen LogP contribution in [0.2, 0.25) is 0 Å². The summed E-state index contributed by atoms with van der Waals surface area (Å²) in [5.41, 5.74) is 0.328. The Morgan fingerprint density at radius 2 is 2.16 bits per heavy atom. The highest BCUT2D eigenvalue weighted by molar-refractivity contribution is 7.79. The van der Waals surface area contributed by atoms with Crippen molar-refractivity contribution in [1.29, 1.82) is 5.26 Å². The quantitative estimate of drug-likeness (QED) is 0.656. The molecule has 0 N–H and O–H groups in total. The largest absolute Gasteiger partial charge is 0.771 e. The first-order valence-electron chi connectivity index (χ1n) is 5.62. The van der Waals surface area contributed by atoms with Crippen LogP contribution in [0.4, 0.5) is 4.79 Å². The molecule has 19 heavy (non-hydrogen) atoms. The Morgan fingerprint density at radius 3 is 2.68 bits per heavy atom. The molecule has 2 heterocycles. The van der Waals surface area contributed by atoms with Crippen molar-refractivity contribution in [3.05, 3.63) is 18.0 Å². The molecule has 1 atom stereocenters. The maximum absolute atomic E-state index is 12.0. The van der Waals surface area contributed by atoms with Crippen LogP contribution in [0.3, 0.4) is 0 Å². The smallest absolute Gasteiger partial charge is 0.344 e. The fourth-order valence-corrected chi connectivity index (χ4v) is 2.40. The number of amides is 1.